The maximum absolute atomic E-state index is 12.4. The molecule has 1 heterocycles. The molecule has 0 bridgehead atoms. The lowest BCUT2D eigenvalue weighted by atomic mass is 10.0. The van der Waals surface area contributed by atoms with Gasteiger partial charge in [-0.15, -0.1) is 0 Å². The van der Waals surface area contributed by atoms with Crippen molar-refractivity contribution in [3.8, 4) is 0 Å². The first kappa shape index (κ1) is 23.0. The second-order valence-electron chi connectivity index (χ2n) is 7.45. The lowest BCUT2D eigenvalue weighted by Crippen LogP contribution is -2.43. The average Bonchev–Trinajstić information content (AvgIpc) is 3.23. The molecule has 2 atom stereocenters. The van der Waals surface area contributed by atoms with Gasteiger partial charge in [0.25, 0.3) is 0 Å². The first-order valence-corrected chi connectivity index (χ1v) is 10.4. The summed E-state index contributed by atoms with van der Waals surface area (Å²) < 4.78 is 10.0. The quantitative estimate of drug-likeness (QED) is 0.418. The molecule has 8 heteroatoms. The number of carbonyl (C=O) groups is 3. The number of amides is 1. The van der Waals surface area contributed by atoms with Crippen LogP contribution >= 0.6 is 0 Å². The average molecular weight is 437 g/mol. The van der Waals surface area contributed by atoms with Crippen molar-refractivity contribution in [2.75, 3.05) is 7.11 Å². The van der Waals surface area contributed by atoms with Gasteiger partial charge < -0.3 is 25.5 Å². The topological polar surface area (TPSA) is 124 Å². The zero-order valence-corrected chi connectivity index (χ0v) is 17.9. The molecule has 168 valence electrons. The van der Waals surface area contributed by atoms with E-state index in [0.29, 0.717) is 0 Å². The first-order valence-electron chi connectivity index (χ1n) is 10.4. The van der Waals surface area contributed by atoms with Crippen LogP contribution in [-0.4, -0.2) is 42.0 Å². The number of hydrogen-bond donors (Lipinski definition) is 3. The Bertz CT molecular complexity index is 1060. The van der Waals surface area contributed by atoms with Gasteiger partial charge in [-0.3, -0.25) is 9.59 Å². The summed E-state index contributed by atoms with van der Waals surface area (Å²) in [5, 5.41) is 3.66. The van der Waals surface area contributed by atoms with Crippen LogP contribution in [0.15, 0.2) is 60.8 Å². The van der Waals surface area contributed by atoms with Gasteiger partial charge >= 0.3 is 11.9 Å². The number of aromatic amines is 1. The fourth-order valence-corrected chi connectivity index (χ4v) is 3.36. The molecule has 1 amide bonds. The maximum Gasteiger partial charge on any atom is 0.328 e. The number of esters is 2. The van der Waals surface area contributed by atoms with Crippen LogP contribution in [0.4, 0.5) is 0 Å². The maximum atomic E-state index is 12.4. The van der Waals surface area contributed by atoms with Gasteiger partial charge in [0, 0.05) is 29.9 Å². The van der Waals surface area contributed by atoms with Crippen LogP contribution in [0, 0.1) is 0 Å². The number of aromatic nitrogens is 1. The standard InChI is InChI=1S/C24H27N3O5/c1-31-24(30)21(13-17-14-26-20-10-6-5-9-18(17)20)27-22(28)12-11-19(25)23(29)32-15-16-7-3-2-4-8-16/h2-10,14,19,21,26H,11-13,15,25H2,1H3,(H,27,28). The summed E-state index contributed by atoms with van der Waals surface area (Å²) in [4.78, 5) is 39.9. The number of nitrogens with two attached hydrogens (primary N) is 1. The minimum Gasteiger partial charge on any atom is -0.467 e. The van der Waals surface area contributed by atoms with Gasteiger partial charge in [-0.25, -0.2) is 4.79 Å². The van der Waals surface area contributed by atoms with Gasteiger partial charge in [0.1, 0.15) is 18.7 Å². The predicted molar refractivity (Wildman–Crippen MR) is 119 cm³/mol. The van der Waals surface area contributed by atoms with Crippen LogP contribution in [0.25, 0.3) is 10.9 Å². The molecule has 32 heavy (non-hydrogen) atoms. The normalized spacial score (nSPS) is 12.7. The van der Waals surface area contributed by atoms with Crippen LogP contribution in [0.1, 0.15) is 24.0 Å². The van der Waals surface area contributed by atoms with Gasteiger partial charge in [0.15, 0.2) is 0 Å². The number of para-hydroxylation sites is 1. The lowest BCUT2D eigenvalue weighted by Gasteiger charge is -2.17. The van der Waals surface area contributed by atoms with E-state index in [-0.39, 0.29) is 25.9 Å². The summed E-state index contributed by atoms with van der Waals surface area (Å²) >= 11 is 0. The summed E-state index contributed by atoms with van der Waals surface area (Å²) in [6.07, 6.45) is 2.16. The summed E-state index contributed by atoms with van der Waals surface area (Å²) in [5.74, 6) is -1.52. The van der Waals surface area contributed by atoms with Crippen LogP contribution < -0.4 is 11.1 Å². The summed E-state index contributed by atoms with van der Waals surface area (Å²) in [7, 11) is 1.27. The van der Waals surface area contributed by atoms with Crippen molar-refractivity contribution in [3.63, 3.8) is 0 Å². The number of ether oxygens (including phenoxy) is 2. The van der Waals surface area contributed by atoms with E-state index >= 15 is 0 Å². The van der Waals surface area contributed by atoms with E-state index in [9.17, 15) is 14.4 Å². The Morgan fingerprint density at radius 1 is 1.03 bits per heavy atom. The number of hydrogen-bond acceptors (Lipinski definition) is 6. The minimum absolute atomic E-state index is 0.0248. The third kappa shape index (κ3) is 6.18. The number of H-pyrrole nitrogens is 1. The zero-order chi connectivity index (χ0) is 22.9. The van der Waals surface area contributed by atoms with Gasteiger partial charge in [0.05, 0.1) is 7.11 Å². The first-order chi connectivity index (χ1) is 15.5. The summed E-state index contributed by atoms with van der Waals surface area (Å²) in [6, 6.07) is 15.2. The van der Waals surface area contributed by atoms with Crippen molar-refractivity contribution in [1.29, 1.82) is 0 Å². The molecule has 3 aromatic rings. The Morgan fingerprint density at radius 2 is 1.75 bits per heavy atom. The number of nitrogens with one attached hydrogen (secondary N) is 2. The van der Waals surface area contributed by atoms with Crippen LogP contribution in [-0.2, 0) is 36.9 Å². The molecule has 3 rings (SSSR count). The minimum atomic E-state index is -0.936. The van der Waals surface area contributed by atoms with Crippen molar-refractivity contribution < 1.29 is 23.9 Å². The van der Waals surface area contributed by atoms with E-state index in [1.165, 1.54) is 7.11 Å². The van der Waals surface area contributed by atoms with E-state index < -0.39 is 29.9 Å². The molecule has 0 radical (unpaired) electrons. The highest BCUT2D eigenvalue weighted by atomic mass is 16.5. The highest BCUT2D eigenvalue weighted by molar-refractivity contribution is 5.87. The van der Waals surface area contributed by atoms with Crippen molar-refractivity contribution >= 4 is 28.7 Å². The molecule has 0 saturated heterocycles. The molecule has 0 aliphatic carbocycles. The molecule has 2 unspecified atom stereocenters. The van der Waals surface area contributed by atoms with Crippen LogP contribution in [0.3, 0.4) is 0 Å². The summed E-state index contributed by atoms with van der Waals surface area (Å²) in [6.45, 7) is 0.120. The van der Waals surface area contributed by atoms with Crippen molar-refractivity contribution in [3.05, 3.63) is 71.9 Å². The molecule has 4 N–H and O–H groups in total. The Morgan fingerprint density at radius 3 is 2.50 bits per heavy atom. The van der Waals surface area contributed by atoms with E-state index in [4.69, 9.17) is 15.2 Å². The van der Waals surface area contributed by atoms with Crippen molar-refractivity contribution in [2.24, 2.45) is 5.73 Å². The molecular formula is C24H27N3O5. The predicted octanol–water partition coefficient (Wildman–Crippen LogP) is 2.22. The fraction of sp³-hybridized carbons (Fsp3) is 0.292. The van der Waals surface area contributed by atoms with Gasteiger partial charge in [-0.1, -0.05) is 48.5 Å². The summed E-state index contributed by atoms with van der Waals surface area (Å²) in [5.41, 5.74) is 8.55. The smallest absolute Gasteiger partial charge is 0.328 e. The van der Waals surface area contributed by atoms with Gasteiger partial charge in [0.2, 0.25) is 5.91 Å². The molecule has 0 aliphatic rings. The number of methoxy groups -OCH3 is 1. The molecule has 1 aromatic heterocycles. The number of fused-ring (bicyclic) bond motifs is 1. The third-order valence-electron chi connectivity index (χ3n) is 5.13. The Kier molecular flexibility index (Phi) is 7.99. The second kappa shape index (κ2) is 11.1. The number of carbonyl (C=O) groups excluding carboxylic acids is 3. The third-order valence-corrected chi connectivity index (χ3v) is 5.13. The lowest BCUT2D eigenvalue weighted by molar-refractivity contribution is -0.147. The van der Waals surface area contributed by atoms with Gasteiger partial charge in [-0.05, 0) is 23.6 Å². The largest absolute Gasteiger partial charge is 0.467 e. The van der Waals surface area contributed by atoms with E-state index in [1.54, 1.807) is 0 Å². The highest BCUT2D eigenvalue weighted by Crippen LogP contribution is 2.19. The molecule has 2 aromatic carbocycles. The molecule has 0 fully saturated rings. The Labute approximate surface area is 186 Å². The fourth-order valence-electron chi connectivity index (χ4n) is 3.36. The Hall–Kier alpha value is -3.65. The molecule has 0 spiro atoms. The van der Waals surface area contributed by atoms with Crippen molar-refractivity contribution in [2.45, 2.75) is 38.0 Å². The van der Waals surface area contributed by atoms with Crippen molar-refractivity contribution in [1.82, 2.24) is 10.3 Å². The monoisotopic (exact) mass is 437 g/mol. The molecule has 0 saturated carbocycles. The Balaban J connectivity index is 1.51. The van der Waals surface area contributed by atoms with Crippen LogP contribution in [0.2, 0.25) is 0 Å². The van der Waals surface area contributed by atoms with E-state index in [2.05, 4.69) is 10.3 Å². The molecule has 8 nitrogen and oxygen atoms in total. The van der Waals surface area contributed by atoms with E-state index in [1.807, 2.05) is 60.8 Å². The van der Waals surface area contributed by atoms with E-state index in [0.717, 1.165) is 22.0 Å². The number of rotatable bonds is 10. The SMILES string of the molecule is COC(=O)C(Cc1c[nH]c2ccccc12)NC(=O)CCC(N)C(=O)OCc1ccccc1. The number of benzene rings is 2. The highest BCUT2D eigenvalue weighted by Gasteiger charge is 2.24. The van der Waals surface area contributed by atoms with Crippen LogP contribution in [0.5, 0.6) is 0 Å². The molecular weight excluding hydrogens is 410 g/mol. The molecule has 0 aliphatic heterocycles. The van der Waals surface area contributed by atoms with Gasteiger partial charge in [-0.2, -0.15) is 0 Å². The second-order valence-corrected chi connectivity index (χ2v) is 7.45. The zero-order valence-electron chi connectivity index (χ0n) is 17.9.